The van der Waals surface area contributed by atoms with E-state index in [2.05, 4.69) is 15.3 Å². The highest BCUT2D eigenvalue weighted by Crippen LogP contribution is 2.36. The summed E-state index contributed by atoms with van der Waals surface area (Å²) in [5, 5.41) is 2.83. The number of halogens is 3. The van der Waals surface area contributed by atoms with Gasteiger partial charge in [-0.05, 0) is 66.6 Å². The van der Waals surface area contributed by atoms with Gasteiger partial charge in [-0.1, -0.05) is 32.6 Å². The van der Waals surface area contributed by atoms with Gasteiger partial charge in [0.1, 0.15) is 17.2 Å². The number of amides is 1. The van der Waals surface area contributed by atoms with Crippen LogP contribution in [0, 0.1) is 17.5 Å². The molecule has 4 rings (SSSR count). The Morgan fingerprint density at radius 1 is 1.06 bits per heavy atom. The molecular formula is C26H26F3N3O. The van der Waals surface area contributed by atoms with E-state index in [4.69, 9.17) is 0 Å². The number of anilines is 1. The first-order valence-corrected chi connectivity index (χ1v) is 11.4. The maximum Gasteiger partial charge on any atom is 0.274 e. The van der Waals surface area contributed by atoms with Crippen LogP contribution < -0.4 is 5.32 Å². The molecule has 1 aliphatic carbocycles. The van der Waals surface area contributed by atoms with Gasteiger partial charge in [0.15, 0.2) is 11.6 Å². The predicted octanol–water partition coefficient (Wildman–Crippen LogP) is 6.81. The fourth-order valence-electron chi connectivity index (χ4n) is 4.47. The van der Waals surface area contributed by atoms with E-state index in [1.165, 1.54) is 18.6 Å². The van der Waals surface area contributed by atoms with Crippen LogP contribution >= 0.6 is 0 Å². The van der Waals surface area contributed by atoms with Crippen molar-refractivity contribution in [3.05, 3.63) is 77.0 Å². The number of nitrogens with one attached hydrogen (secondary N) is 1. The number of aryl methyl sites for hydroxylation is 1. The first kappa shape index (κ1) is 23.0. The molecule has 0 aliphatic heterocycles. The second kappa shape index (κ2) is 10.1. The molecule has 172 valence electrons. The van der Waals surface area contributed by atoms with Crippen LogP contribution in [0.2, 0.25) is 0 Å². The van der Waals surface area contributed by atoms with Crippen molar-refractivity contribution >= 4 is 11.6 Å². The van der Waals surface area contributed by atoms with Crippen molar-refractivity contribution in [1.29, 1.82) is 0 Å². The smallest absolute Gasteiger partial charge is 0.274 e. The van der Waals surface area contributed by atoms with Crippen LogP contribution in [0.4, 0.5) is 18.9 Å². The monoisotopic (exact) mass is 453 g/mol. The number of rotatable bonds is 6. The summed E-state index contributed by atoms with van der Waals surface area (Å²) >= 11 is 0. The standard InChI is InChI=1S/C26H26F3N3O/c1-2-6-16-13-19(24(29)21(28)14-16)25-20(27)9-10-22(31-25)26(33)32-23-15-30-12-11-18(23)17-7-4-3-5-8-17/h9-15,17H,2-8H2,1H3,(H,32,33). The van der Waals surface area contributed by atoms with Crippen molar-refractivity contribution < 1.29 is 18.0 Å². The fourth-order valence-corrected chi connectivity index (χ4v) is 4.47. The minimum Gasteiger partial charge on any atom is -0.319 e. The van der Waals surface area contributed by atoms with Gasteiger partial charge in [0, 0.05) is 11.8 Å². The Hall–Kier alpha value is -3.22. The molecule has 2 aromatic heterocycles. The summed E-state index contributed by atoms with van der Waals surface area (Å²) < 4.78 is 43.3. The molecule has 0 unspecified atom stereocenters. The molecule has 0 saturated heterocycles. The van der Waals surface area contributed by atoms with Crippen LogP contribution in [-0.2, 0) is 6.42 Å². The zero-order chi connectivity index (χ0) is 23.4. The Morgan fingerprint density at radius 3 is 2.61 bits per heavy atom. The third-order valence-electron chi connectivity index (χ3n) is 6.11. The maximum atomic E-state index is 14.6. The summed E-state index contributed by atoms with van der Waals surface area (Å²) in [4.78, 5) is 21.2. The largest absolute Gasteiger partial charge is 0.319 e. The highest BCUT2D eigenvalue weighted by Gasteiger charge is 2.22. The van der Waals surface area contributed by atoms with E-state index in [-0.39, 0.29) is 11.3 Å². The van der Waals surface area contributed by atoms with Crippen molar-refractivity contribution in [3.8, 4) is 11.3 Å². The van der Waals surface area contributed by atoms with Gasteiger partial charge in [0.05, 0.1) is 11.9 Å². The van der Waals surface area contributed by atoms with Crippen molar-refractivity contribution in [3.63, 3.8) is 0 Å². The second-order valence-corrected chi connectivity index (χ2v) is 8.47. The molecule has 1 aromatic carbocycles. The van der Waals surface area contributed by atoms with E-state index in [0.717, 1.165) is 49.8 Å². The molecule has 1 fully saturated rings. The van der Waals surface area contributed by atoms with Gasteiger partial charge in [-0.15, -0.1) is 0 Å². The Kier molecular flexibility index (Phi) is 7.06. The first-order chi connectivity index (χ1) is 16.0. The highest BCUT2D eigenvalue weighted by atomic mass is 19.2. The predicted molar refractivity (Wildman–Crippen MR) is 122 cm³/mol. The van der Waals surface area contributed by atoms with Crippen LogP contribution in [0.15, 0.2) is 42.7 Å². The number of carbonyl (C=O) groups is 1. The number of aromatic nitrogens is 2. The van der Waals surface area contributed by atoms with Gasteiger partial charge in [-0.25, -0.2) is 18.2 Å². The summed E-state index contributed by atoms with van der Waals surface area (Å²) in [6.07, 6.45) is 10.1. The Balaban J connectivity index is 1.65. The van der Waals surface area contributed by atoms with E-state index in [1.54, 1.807) is 12.4 Å². The lowest BCUT2D eigenvalue weighted by Gasteiger charge is -2.24. The summed E-state index contributed by atoms with van der Waals surface area (Å²) in [5.74, 6) is -3.31. The Bertz CT molecular complexity index is 1160. The van der Waals surface area contributed by atoms with Crippen LogP contribution in [-0.4, -0.2) is 15.9 Å². The van der Waals surface area contributed by atoms with E-state index in [0.29, 0.717) is 23.6 Å². The first-order valence-electron chi connectivity index (χ1n) is 11.4. The molecule has 1 amide bonds. The molecule has 1 N–H and O–H groups in total. The van der Waals surface area contributed by atoms with Crippen molar-refractivity contribution in [2.45, 2.75) is 57.8 Å². The SMILES string of the molecule is CCCc1cc(F)c(F)c(-c2nc(C(=O)Nc3cnccc3C3CCCCC3)ccc2F)c1. The molecule has 1 saturated carbocycles. The van der Waals surface area contributed by atoms with Crippen molar-refractivity contribution in [2.24, 2.45) is 0 Å². The molecule has 0 radical (unpaired) electrons. The van der Waals surface area contributed by atoms with Gasteiger partial charge in [-0.2, -0.15) is 0 Å². The number of pyridine rings is 2. The highest BCUT2D eigenvalue weighted by molar-refractivity contribution is 6.03. The second-order valence-electron chi connectivity index (χ2n) is 8.47. The number of nitrogens with zero attached hydrogens (tertiary/aromatic N) is 2. The molecule has 0 spiro atoms. The molecule has 33 heavy (non-hydrogen) atoms. The summed E-state index contributed by atoms with van der Waals surface area (Å²) in [7, 11) is 0. The molecular weight excluding hydrogens is 427 g/mol. The van der Waals surface area contributed by atoms with Gasteiger partial charge in [-0.3, -0.25) is 9.78 Å². The molecule has 0 atom stereocenters. The lowest BCUT2D eigenvalue weighted by atomic mass is 9.84. The van der Waals surface area contributed by atoms with E-state index in [9.17, 15) is 18.0 Å². The number of hydrogen-bond donors (Lipinski definition) is 1. The number of carbonyl (C=O) groups excluding carboxylic acids is 1. The summed E-state index contributed by atoms with van der Waals surface area (Å²) in [6.45, 7) is 1.91. The van der Waals surface area contributed by atoms with Crippen molar-refractivity contribution in [2.75, 3.05) is 5.32 Å². The Morgan fingerprint density at radius 2 is 1.85 bits per heavy atom. The minimum atomic E-state index is -1.19. The average molecular weight is 454 g/mol. The zero-order valence-corrected chi connectivity index (χ0v) is 18.5. The van der Waals surface area contributed by atoms with E-state index >= 15 is 0 Å². The van der Waals surface area contributed by atoms with Crippen molar-refractivity contribution in [1.82, 2.24) is 9.97 Å². The summed E-state index contributed by atoms with van der Waals surface area (Å²) in [5.41, 5.74) is 1.36. The van der Waals surface area contributed by atoms with Gasteiger partial charge in [0.25, 0.3) is 5.91 Å². The lowest BCUT2D eigenvalue weighted by molar-refractivity contribution is 0.102. The Labute approximate surface area is 191 Å². The lowest BCUT2D eigenvalue weighted by Crippen LogP contribution is -2.17. The number of hydrogen-bond acceptors (Lipinski definition) is 3. The molecule has 7 heteroatoms. The van der Waals surface area contributed by atoms with Crippen LogP contribution in [0.1, 0.15) is 73.0 Å². The zero-order valence-electron chi connectivity index (χ0n) is 18.5. The normalized spacial score (nSPS) is 14.3. The molecule has 3 aromatic rings. The van der Waals surface area contributed by atoms with Gasteiger partial charge < -0.3 is 5.32 Å². The van der Waals surface area contributed by atoms with Gasteiger partial charge in [0.2, 0.25) is 0 Å². The molecule has 1 aliphatic rings. The topological polar surface area (TPSA) is 54.9 Å². The molecule has 4 nitrogen and oxygen atoms in total. The van der Waals surface area contributed by atoms with Crippen LogP contribution in [0.25, 0.3) is 11.3 Å². The number of benzene rings is 1. The third-order valence-corrected chi connectivity index (χ3v) is 6.11. The van der Waals surface area contributed by atoms with E-state index < -0.39 is 29.1 Å². The van der Waals surface area contributed by atoms with Crippen LogP contribution in [0.3, 0.4) is 0 Å². The van der Waals surface area contributed by atoms with E-state index in [1.807, 2.05) is 13.0 Å². The summed E-state index contributed by atoms with van der Waals surface area (Å²) in [6, 6.07) is 6.68. The average Bonchev–Trinajstić information content (AvgIpc) is 2.83. The quantitative estimate of drug-likeness (QED) is 0.446. The van der Waals surface area contributed by atoms with Gasteiger partial charge >= 0.3 is 0 Å². The third kappa shape index (κ3) is 5.07. The minimum absolute atomic E-state index is 0.0921. The fraction of sp³-hybridized carbons (Fsp3) is 0.346. The molecule has 0 bridgehead atoms. The van der Waals surface area contributed by atoms with Crippen LogP contribution in [0.5, 0.6) is 0 Å². The maximum absolute atomic E-state index is 14.6. The molecule has 2 heterocycles.